The zero-order valence-corrected chi connectivity index (χ0v) is 14.6. The molecule has 0 saturated heterocycles. The summed E-state index contributed by atoms with van der Waals surface area (Å²) in [5, 5.41) is 12.8. The van der Waals surface area contributed by atoms with E-state index >= 15 is 0 Å². The molecule has 1 aliphatic rings. The molecule has 5 nitrogen and oxygen atoms in total. The number of nitrogens with one attached hydrogen (secondary N) is 1. The Labute approximate surface area is 144 Å². The highest BCUT2D eigenvalue weighted by atomic mass is 35.5. The summed E-state index contributed by atoms with van der Waals surface area (Å²) in [6.07, 6.45) is 4.51. The molecule has 0 spiro atoms. The third kappa shape index (κ3) is 4.06. The van der Waals surface area contributed by atoms with Crippen LogP contribution in [0, 0.1) is 6.92 Å². The molecule has 1 aromatic heterocycles. The molecule has 2 heterocycles. The fraction of sp³-hybridized carbons (Fsp3) is 0.438. The average molecular weight is 351 g/mol. The molecule has 1 aliphatic heterocycles. The summed E-state index contributed by atoms with van der Waals surface area (Å²) in [5.74, 6) is 1.28. The molecule has 0 aliphatic carbocycles. The molecule has 122 valence electrons. The van der Waals surface area contributed by atoms with Crippen molar-refractivity contribution in [2.45, 2.75) is 44.3 Å². The van der Waals surface area contributed by atoms with E-state index in [1.165, 1.54) is 18.2 Å². The van der Waals surface area contributed by atoms with Gasteiger partial charge in [-0.25, -0.2) is 0 Å². The lowest BCUT2D eigenvalue weighted by molar-refractivity contribution is -0.113. The second kappa shape index (κ2) is 7.36. The molecule has 0 atom stereocenters. The number of aromatic nitrogens is 3. The number of thioether (sulfide) groups is 1. The maximum absolute atomic E-state index is 12.1. The molecule has 0 saturated carbocycles. The van der Waals surface area contributed by atoms with Gasteiger partial charge in [-0.1, -0.05) is 35.9 Å². The summed E-state index contributed by atoms with van der Waals surface area (Å²) < 4.78 is 2.15. The standard InChI is InChI=1S/C16H19ClN4OS/c1-11-6-7-12(9-13(11)17)18-15(22)10-23-16-20-19-14-5-3-2-4-8-21(14)16/h6-7,9H,2-5,8,10H2,1H3,(H,18,22). The third-order valence-electron chi connectivity index (χ3n) is 3.86. The molecule has 0 radical (unpaired) electrons. The largest absolute Gasteiger partial charge is 0.325 e. The lowest BCUT2D eigenvalue weighted by atomic mass is 10.2. The second-order valence-corrected chi connectivity index (χ2v) is 7.01. The maximum Gasteiger partial charge on any atom is 0.234 e. The van der Waals surface area contributed by atoms with Gasteiger partial charge >= 0.3 is 0 Å². The minimum atomic E-state index is -0.0686. The number of hydrogen-bond acceptors (Lipinski definition) is 4. The minimum absolute atomic E-state index is 0.0686. The molecule has 3 rings (SSSR count). The number of aryl methyl sites for hydroxylation is 2. The number of carbonyl (C=O) groups is 1. The first-order valence-electron chi connectivity index (χ1n) is 7.74. The first-order valence-corrected chi connectivity index (χ1v) is 9.11. The summed E-state index contributed by atoms with van der Waals surface area (Å²) in [4.78, 5) is 12.1. The Morgan fingerprint density at radius 1 is 1.35 bits per heavy atom. The van der Waals surface area contributed by atoms with Gasteiger partial charge in [-0.2, -0.15) is 0 Å². The molecule has 1 aromatic carbocycles. The van der Waals surface area contributed by atoms with Crippen LogP contribution in [0.15, 0.2) is 23.4 Å². The molecule has 1 amide bonds. The Bertz CT molecular complexity index is 716. The number of amides is 1. The van der Waals surface area contributed by atoms with Gasteiger partial charge in [-0.15, -0.1) is 10.2 Å². The van der Waals surface area contributed by atoms with Crippen LogP contribution in [0.4, 0.5) is 5.69 Å². The predicted molar refractivity (Wildman–Crippen MR) is 93.1 cm³/mol. The summed E-state index contributed by atoms with van der Waals surface area (Å²) in [6.45, 7) is 2.88. The third-order valence-corrected chi connectivity index (χ3v) is 5.24. The van der Waals surface area contributed by atoms with Gasteiger partial charge in [0, 0.05) is 23.7 Å². The number of nitrogens with zero attached hydrogens (tertiary/aromatic N) is 3. The Kier molecular flexibility index (Phi) is 5.23. The molecular weight excluding hydrogens is 332 g/mol. The van der Waals surface area contributed by atoms with E-state index in [4.69, 9.17) is 11.6 Å². The quantitative estimate of drug-likeness (QED) is 0.854. The van der Waals surface area contributed by atoms with E-state index in [9.17, 15) is 4.79 Å². The van der Waals surface area contributed by atoms with Crippen molar-refractivity contribution < 1.29 is 4.79 Å². The fourth-order valence-electron chi connectivity index (χ4n) is 2.56. The van der Waals surface area contributed by atoms with E-state index in [-0.39, 0.29) is 5.91 Å². The summed E-state index contributed by atoms with van der Waals surface area (Å²) in [7, 11) is 0. The van der Waals surface area contributed by atoms with Crippen LogP contribution in [0.2, 0.25) is 5.02 Å². The summed E-state index contributed by atoms with van der Waals surface area (Å²) in [5.41, 5.74) is 1.71. The van der Waals surface area contributed by atoms with Gasteiger partial charge in [0.1, 0.15) is 5.82 Å². The van der Waals surface area contributed by atoms with Gasteiger partial charge in [-0.3, -0.25) is 4.79 Å². The summed E-state index contributed by atoms with van der Waals surface area (Å²) >= 11 is 7.50. The van der Waals surface area contributed by atoms with E-state index in [2.05, 4.69) is 20.1 Å². The minimum Gasteiger partial charge on any atom is -0.325 e. The number of benzene rings is 1. The van der Waals surface area contributed by atoms with Gasteiger partial charge in [-0.05, 0) is 37.5 Å². The number of rotatable bonds is 4. The van der Waals surface area contributed by atoms with E-state index in [1.54, 1.807) is 6.07 Å². The van der Waals surface area contributed by atoms with Crippen molar-refractivity contribution in [2.75, 3.05) is 11.1 Å². The molecule has 0 fully saturated rings. The Hall–Kier alpha value is -1.53. The molecule has 2 aromatic rings. The first-order chi connectivity index (χ1) is 11.1. The Balaban J connectivity index is 1.59. The van der Waals surface area contributed by atoms with Crippen molar-refractivity contribution in [1.82, 2.24) is 14.8 Å². The predicted octanol–water partition coefficient (Wildman–Crippen LogP) is 3.70. The van der Waals surface area contributed by atoms with Crippen molar-refractivity contribution >= 4 is 35.0 Å². The highest BCUT2D eigenvalue weighted by molar-refractivity contribution is 7.99. The monoisotopic (exact) mass is 350 g/mol. The maximum atomic E-state index is 12.1. The van der Waals surface area contributed by atoms with Gasteiger partial charge in [0.05, 0.1) is 5.75 Å². The van der Waals surface area contributed by atoms with Crippen LogP contribution in [0.25, 0.3) is 0 Å². The topological polar surface area (TPSA) is 59.8 Å². The molecule has 7 heteroatoms. The highest BCUT2D eigenvalue weighted by Crippen LogP contribution is 2.23. The molecule has 0 bridgehead atoms. The Morgan fingerprint density at radius 3 is 3.04 bits per heavy atom. The number of halogens is 1. The lowest BCUT2D eigenvalue weighted by Crippen LogP contribution is -2.14. The van der Waals surface area contributed by atoms with Crippen molar-refractivity contribution in [3.05, 3.63) is 34.6 Å². The van der Waals surface area contributed by atoms with E-state index < -0.39 is 0 Å². The van der Waals surface area contributed by atoms with Crippen LogP contribution in [-0.2, 0) is 17.8 Å². The molecule has 23 heavy (non-hydrogen) atoms. The zero-order chi connectivity index (χ0) is 16.2. The van der Waals surface area contributed by atoms with Crippen molar-refractivity contribution in [2.24, 2.45) is 0 Å². The van der Waals surface area contributed by atoms with Gasteiger partial charge in [0.25, 0.3) is 0 Å². The van der Waals surface area contributed by atoms with E-state index in [0.717, 1.165) is 42.4 Å². The number of carbonyl (C=O) groups excluding carboxylic acids is 1. The van der Waals surface area contributed by atoms with Gasteiger partial charge in [0.15, 0.2) is 5.16 Å². The van der Waals surface area contributed by atoms with Crippen molar-refractivity contribution in [3.8, 4) is 0 Å². The number of hydrogen-bond donors (Lipinski definition) is 1. The van der Waals surface area contributed by atoms with Gasteiger partial charge < -0.3 is 9.88 Å². The van der Waals surface area contributed by atoms with Crippen LogP contribution in [-0.4, -0.2) is 26.4 Å². The summed E-state index contributed by atoms with van der Waals surface area (Å²) in [6, 6.07) is 5.51. The zero-order valence-electron chi connectivity index (χ0n) is 13.0. The van der Waals surface area contributed by atoms with E-state index in [0.29, 0.717) is 16.5 Å². The van der Waals surface area contributed by atoms with Crippen LogP contribution in [0.5, 0.6) is 0 Å². The average Bonchev–Trinajstić information content (AvgIpc) is 2.76. The van der Waals surface area contributed by atoms with Gasteiger partial charge in [0.2, 0.25) is 5.91 Å². The second-order valence-electron chi connectivity index (χ2n) is 5.66. The van der Waals surface area contributed by atoms with Crippen molar-refractivity contribution in [1.29, 1.82) is 0 Å². The lowest BCUT2D eigenvalue weighted by Gasteiger charge is -2.08. The Morgan fingerprint density at radius 2 is 2.22 bits per heavy atom. The SMILES string of the molecule is Cc1ccc(NC(=O)CSc2nnc3n2CCCCC3)cc1Cl. The van der Waals surface area contributed by atoms with Crippen molar-refractivity contribution in [3.63, 3.8) is 0 Å². The number of anilines is 1. The van der Waals surface area contributed by atoms with Crippen LogP contribution < -0.4 is 5.32 Å². The normalized spacial score (nSPS) is 14.2. The molecule has 0 unspecified atom stereocenters. The molecule has 1 N–H and O–H groups in total. The van der Waals surface area contributed by atoms with Crippen LogP contribution in [0.3, 0.4) is 0 Å². The van der Waals surface area contributed by atoms with Crippen LogP contribution >= 0.6 is 23.4 Å². The smallest absolute Gasteiger partial charge is 0.234 e. The molecular formula is C16H19ClN4OS. The van der Waals surface area contributed by atoms with Crippen LogP contribution in [0.1, 0.15) is 30.7 Å². The highest BCUT2D eigenvalue weighted by Gasteiger charge is 2.16. The first kappa shape index (κ1) is 16.3. The fourth-order valence-corrected chi connectivity index (χ4v) is 3.53. The number of fused-ring (bicyclic) bond motifs is 1. The van der Waals surface area contributed by atoms with E-state index in [1.807, 2.05) is 19.1 Å².